The van der Waals surface area contributed by atoms with Crippen LogP contribution in [0.25, 0.3) is 11.1 Å². The number of methoxy groups -OCH3 is 1. The first kappa shape index (κ1) is 23.3. The molecule has 10 heteroatoms. The molecule has 0 bridgehead atoms. The topological polar surface area (TPSA) is 84.9 Å². The average molecular weight is 450 g/mol. The Morgan fingerprint density at radius 2 is 1.84 bits per heavy atom. The van der Waals surface area contributed by atoms with E-state index in [1.807, 2.05) is 0 Å². The molecule has 2 aromatic carbocycles. The Labute approximate surface area is 182 Å². The van der Waals surface area contributed by atoms with Crippen LogP contribution in [0.5, 0.6) is 0 Å². The molecule has 1 heterocycles. The molecule has 2 amide bonds. The van der Waals surface area contributed by atoms with Crippen LogP contribution in [0, 0.1) is 5.82 Å². The highest BCUT2D eigenvalue weighted by Crippen LogP contribution is 2.24. The van der Waals surface area contributed by atoms with Gasteiger partial charge in [-0.05, 0) is 35.4 Å². The van der Waals surface area contributed by atoms with Gasteiger partial charge < -0.3 is 19.7 Å². The standard InChI is InChI=1S/C22H21F3N2O5/c1-31-21(30)18-10-17(32-22(24)25)12-27(18)19(28)11-26-20(29)15-4-2-3-14(9-15)13-5-7-16(23)8-6-13/h2-9,17-18,22H,10-12H2,1H3,(H,26,29)/t17-,18+/m1/s1. The number of rotatable bonds is 7. The van der Waals surface area contributed by atoms with Crippen LogP contribution in [0.4, 0.5) is 13.2 Å². The van der Waals surface area contributed by atoms with E-state index in [1.54, 1.807) is 36.4 Å². The molecule has 1 aliphatic rings. The van der Waals surface area contributed by atoms with Gasteiger partial charge in [0.25, 0.3) is 5.91 Å². The second-order valence-electron chi connectivity index (χ2n) is 7.11. The normalized spacial score (nSPS) is 18.0. The van der Waals surface area contributed by atoms with Crippen molar-refractivity contribution < 1.29 is 37.0 Å². The molecule has 0 radical (unpaired) electrons. The first-order valence-corrected chi connectivity index (χ1v) is 9.73. The molecule has 0 unspecified atom stereocenters. The van der Waals surface area contributed by atoms with Gasteiger partial charge in [-0.3, -0.25) is 9.59 Å². The Morgan fingerprint density at radius 3 is 2.50 bits per heavy atom. The van der Waals surface area contributed by atoms with Gasteiger partial charge in [-0.1, -0.05) is 24.3 Å². The molecule has 1 aliphatic heterocycles. The number of benzene rings is 2. The number of nitrogens with zero attached hydrogens (tertiary/aromatic N) is 1. The fourth-order valence-corrected chi connectivity index (χ4v) is 3.52. The van der Waals surface area contributed by atoms with Gasteiger partial charge in [0.2, 0.25) is 5.91 Å². The zero-order chi connectivity index (χ0) is 23.3. The van der Waals surface area contributed by atoms with Crippen LogP contribution in [0.15, 0.2) is 48.5 Å². The van der Waals surface area contributed by atoms with Gasteiger partial charge in [0.1, 0.15) is 11.9 Å². The molecule has 1 fully saturated rings. The van der Waals surface area contributed by atoms with Crippen LogP contribution < -0.4 is 5.32 Å². The van der Waals surface area contributed by atoms with E-state index in [0.29, 0.717) is 11.1 Å². The SMILES string of the molecule is COC(=O)[C@@H]1C[C@@H](OC(F)F)CN1C(=O)CNC(=O)c1cccc(-c2ccc(F)cc2)c1. The highest BCUT2D eigenvalue weighted by atomic mass is 19.3. The smallest absolute Gasteiger partial charge is 0.345 e. The minimum absolute atomic E-state index is 0.129. The quantitative estimate of drug-likeness (QED) is 0.656. The van der Waals surface area contributed by atoms with Gasteiger partial charge in [0, 0.05) is 18.5 Å². The van der Waals surface area contributed by atoms with Crippen molar-refractivity contribution in [2.45, 2.75) is 25.2 Å². The summed E-state index contributed by atoms with van der Waals surface area (Å²) < 4.78 is 47.2. The Balaban J connectivity index is 1.64. The van der Waals surface area contributed by atoms with Crippen molar-refractivity contribution >= 4 is 17.8 Å². The lowest BCUT2D eigenvalue weighted by Gasteiger charge is -2.22. The molecule has 170 valence electrons. The van der Waals surface area contributed by atoms with Gasteiger partial charge >= 0.3 is 12.6 Å². The molecule has 7 nitrogen and oxygen atoms in total. The maximum atomic E-state index is 13.1. The third kappa shape index (κ3) is 5.64. The van der Waals surface area contributed by atoms with Crippen LogP contribution in [-0.2, 0) is 19.1 Å². The first-order valence-electron chi connectivity index (χ1n) is 9.73. The van der Waals surface area contributed by atoms with Crippen molar-refractivity contribution in [3.05, 3.63) is 59.9 Å². The Kier molecular flexibility index (Phi) is 7.47. The van der Waals surface area contributed by atoms with Crippen molar-refractivity contribution in [3.63, 3.8) is 0 Å². The van der Waals surface area contributed by atoms with Crippen molar-refractivity contribution in [1.82, 2.24) is 10.2 Å². The van der Waals surface area contributed by atoms with E-state index in [1.165, 1.54) is 12.1 Å². The summed E-state index contributed by atoms with van der Waals surface area (Å²) in [6, 6.07) is 11.2. The number of likely N-dealkylation sites (tertiary alicyclic amines) is 1. The third-order valence-electron chi connectivity index (χ3n) is 5.05. The maximum Gasteiger partial charge on any atom is 0.345 e. The number of carbonyl (C=O) groups excluding carboxylic acids is 3. The van der Waals surface area contributed by atoms with Gasteiger partial charge in [-0.25, -0.2) is 9.18 Å². The molecule has 2 aromatic rings. The van der Waals surface area contributed by atoms with Gasteiger partial charge in [0.05, 0.1) is 19.8 Å². The number of hydrogen-bond donors (Lipinski definition) is 1. The third-order valence-corrected chi connectivity index (χ3v) is 5.05. The second kappa shape index (κ2) is 10.3. The summed E-state index contributed by atoms with van der Waals surface area (Å²) in [7, 11) is 1.13. The lowest BCUT2D eigenvalue weighted by molar-refractivity contribution is -0.160. The lowest BCUT2D eigenvalue weighted by atomic mass is 10.0. The van der Waals surface area contributed by atoms with Crippen LogP contribution >= 0.6 is 0 Å². The molecule has 1 saturated heterocycles. The number of alkyl halides is 2. The Morgan fingerprint density at radius 1 is 1.12 bits per heavy atom. The fourth-order valence-electron chi connectivity index (χ4n) is 3.52. The molecule has 3 rings (SSSR count). The van der Waals surface area contributed by atoms with E-state index in [0.717, 1.165) is 12.0 Å². The van der Waals surface area contributed by atoms with Crippen LogP contribution in [0.1, 0.15) is 16.8 Å². The minimum atomic E-state index is -3.04. The molecule has 0 spiro atoms. The van der Waals surface area contributed by atoms with E-state index in [9.17, 15) is 27.6 Å². The lowest BCUT2D eigenvalue weighted by Crippen LogP contribution is -2.46. The van der Waals surface area contributed by atoms with E-state index < -0.39 is 43.1 Å². The molecule has 2 atom stereocenters. The summed E-state index contributed by atoms with van der Waals surface area (Å²) in [6.45, 7) is -3.71. The minimum Gasteiger partial charge on any atom is -0.467 e. The number of ether oxygens (including phenoxy) is 2. The van der Waals surface area contributed by atoms with E-state index in [2.05, 4.69) is 14.8 Å². The number of carbonyl (C=O) groups is 3. The predicted molar refractivity (Wildman–Crippen MR) is 107 cm³/mol. The van der Waals surface area contributed by atoms with Crippen LogP contribution in [0.3, 0.4) is 0 Å². The average Bonchev–Trinajstić information content (AvgIpc) is 3.20. The Hall–Kier alpha value is -3.40. The molecular formula is C22H21F3N2O5. The fraction of sp³-hybridized carbons (Fsp3) is 0.318. The van der Waals surface area contributed by atoms with Crippen molar-refractivity contribution in [2.24, 2.45) is 0 Å². The van der Waals surface area contributed by atoms with Gasteiger partial charge in [0.15, 0.2) is 0 Å². The van der Waals surface area contributed by atoms with Gasteiger partial charge in [-0.2, -0.15) is 8.78 Å². The van der Waals surface area contributed by atoms with Gasteiger partial charge in [-0.15, -0.1) is 0 Å². The number of hydrogen-bond acceptors (Lipinski definition) is 5. The van der Waals surface area contributed by atoms with Crippen molar-refractivity contribution in [3.8, 4) is 11.1 Å². The molecular weight excluding hydrogens is 429 g/mol. The zero-order valence-electron chi connectivity index (χ0n) is 17.1. The second-order valence-corrected chi connectivity index (χ2v) is 7.11. The van der Waals surface area contributed by atoms with Crippen LogP contribution in [0.2, 0.25) is 0 Å². The molecule has 0 aliphatic carbocycles. The monoisotopic (exact) mass is 450 g/mol. The maximum absolute atomic E-state index is 13.1. The number of nitrogens with one attached hydrogen (secondary N) is 1. The predicted octanol–water partition coefficient (Wildman–Crippen LogP) is 2.60. The highest BCUT2D eigenvalue weighted by molar-refractivity contribution is 5.98. The van der Waals surface area contributed by atoms with Crippen molar-refractivity contribution in [2.75, 3.05) is 20.2 Å². The first-order chi connectivity index (χ1) is 15.3. The highest BCUT2D eigenvalue weighted by Gasteiger charge is 2.41. The number of halogens is 3. The number of esters is 1. The zero-order valence-corrected chi connectivity index (χ0v) is 17.1. The van der Waals surface area contributed by atoms with E-state index in [4.69, 9.17) is 0 Å². The summed E-state index contributed by atoms with van der Waals surface area (Å²) in [5, 5.41) is 2.47. The number of amides is 2. The van der Waals surface area contributed by atoms with Crippen LogP contribution in [-0.4, -0.2) is 61.6 Å². The summed E-state index contributed by atoms with van der Waals surface area (Å²) in [6.07, 6.45) is -1.15. The van der Waals surface area contributed by atoms with E-state index >= 15 is 0 Å². The Bertz CT molecular complexity index is 984. The van der Waals surface area contributed by atoms with E-state index in [-0.39, 0.29) is 24.3 Å². The molecule has 0 saturated carbocycles. The summed E-state index contributed by atoms with van der Waals surface area (Å²) in [5.74, 6) is -2.31. The summed E-state index contributed by atoms with van der Waals surface area (Å²) in [4.78, 5) is 38.1. The van der Waals surface area contributed by atoms with Crippen molar-refractivity contribution in [1.29, 1.82) is 0 Å². The molecule has 32 heavy (non-hydrogen) atoms. The largest absolute Gasteiger partial charge is 0.467 e. The molecule has 0 aromatic heterocycles. The summed E-state index contributed by atoms with van der Waals surface area (Å²) in [5.41, 5.74) is 1.66. The molecule has 1 N–H and O–H groups in total. The summed E-state index contributed by atoms with van der Waals surface area (Å²) >= 11 is 0.